The van der Waals surface area contributed by atoms with Crippen LogP contribution in [0.1, 0.15) is 31.2 Å². The van der Waals surface area contributed by atoms with Crippen LogP contribution in [0.15, 0.2) is 24.3 Å². The molecular formula is C17H26N2O. The number of piperidine rings is 1. The second-order valence-electron chi connectivity index (χ2n) is 6.10. The number of ether oxygens (including phenoxy) is 1. The SMILES string of the molecule is COc1ccc(CN2CCC(N3CCCC3)CC2)cc1. The van der Waals surface area contributed by atoms with E-state index in [-0.39, 0.29) is 0 Å². The molecule has 0 atom stereocenters. The van der Waals surface area contributed by atoms with E-state index in [1.165, 1.54) is 57.4 Å². The van der Waals surface area contributed by atoms with Crippen molar-refractivity contribution in [3.8, 4) is 5.75 Å². The van der Waals surface area contributed by atoms with Crippen molar-refractivity contribution in [3.63, 3.8) is 0 Å². The fourth-order valence-corrected chi connectivity index (χ4v) is 3.54. The molecule has 2 aliphatic heterocycles. The summed E-state index contributed by atoms with van der Waals surface area (Å²) in [5.41, 5.74) is 1.39. The molecule has 0 N–H and O–H groups in total. The lowest BCUT2D eigenvalue weighted by atomic mass is 10.0. The Kier molecular flexibility index (Phi) is 4.58. The van der Waals surface area contributed by atoms with Gasteiger partial charge in [-0.2, -0.15) is 0 Å². The minimum absolute atomic E-state index is 0.851. The van der Waals surface area contributed by atoms with Crippen LogP contribution in [-0.4, -0.2) is 49.1 Å². The van der Waals surface area contributed by atoms with Crippen LogP contribution in [0.3, 0.4) is 0 Å². The molecule has 20 heavy (non-hydrogen) atoms. The van der Waals surface area contributed by atoms with Gasteiger partial charge in [0, 0.05) is 12.6 Å². The maximum atomic E-state index is 5.21. The van der Waals surface area contributed by atoms with Crippen molar-refractivity contribution < 1.29 is 4.74 Å². The molecule has 3 rings (SSSR count). The third kappa shape index (κ3) is 3.33. The highest BCUT2D eigenvalue weighted by molar-refractivity contribution is 5.27. The van der Waals surface area contributed by atoms with Gasteiger partial charge in [0.15, 0.2) is 0 Å². The zero-order valence-electron chi connectivity index (χ0n) is 12.6. The quantitative estimate of drug-likeness (QED) is 0.839. The second kappa shape index (κ2) is 6.59. The molecule has 0 radical (unpaired) electrons. The largest absolute Gasteiger partial charge is 0.497 e. The van der Waals surface area contributed by atoms with Crippen LogP contribution >= 0.6 is 0 Å². The zero-order valence-corrected chi connectivity index (χ0v) is 12.6. The highest BCUT2D eigenvalue weighted by atomic mass is 16.5. The first-order valence-electron chi connectivity index (χ1n) is 7.94. The molecule has 1 aromatic carbocycles. The number of benzene rings is 1. The summed E-state index contributed by atoms with van der Waals surface area (Å²) in [4.78, 5) is 5.30. The molecule has 3 heteroatoms. The first-order chi connectivity index (χ1) is 9.85. The normalized spacial score (nSPS) is 22.2. The molecule has 2 fully saturated rings. The fraction of sp³-hybridized carbons (Fsp3) is 0.647. The Morgan fingerprint density at radius 3 is 2.25 bits per heavy atom. The topological polar surface area (TPSA) is 15.7 Å². The average Bonchev–Trinajstić information content (AvgIpc) is 3.03. The summed E-state index contributed by atoms with van der Waals surface area (Å²) in [6.07, 6.45) is 5.50. The average molecular weight is 274 g/mol. The summed E-state index contributed by atoms with van der Waals surface area (Å²) in [7, 11) is 1.72. The first kappa shape index (κ1) is 13.9. The summed E-state index contributed by atoms with van der Waals surface area (Å²) in [6, 6.07) is 9.35. The van der Waals surface area contributed by atoms with Crippen LogP contribution in [0.2, 0.25) is 0 Å². The van der Waals surface area contributed by atoms with Crippen molar-refractivity contribution in [2.45, 2.75) is 38.3 Å². The number of rotatable bonds is 4. The predicted octanol–water partition coefficient (Wildman–Crippen LogP) is 2.76. The third-order valence-electron chi connectivity index (χ3n) is 4.78. The molecule has 0 aromatic heterocycles. The van der Waals surface area contributed by atoms with E-state index in [4.69, 9.17) is 4.74 Å². The van der Waals surface area contributed by atoms with Gasteiger partial charge in [0.05, 0.1) is 7.11 Å². The Labute approximate surface area is 122 Å². The number of likely N-dealkylation sites (tertiary alicyclic amines) is 2. The van der Waals surface area contributed by atoms with E-state index in [0.717, 1.165) is 18.3 Å². The molecule has 0 unspecified atom stereocenters. The van der Waals surface area contributed by atoms with Crippen molar-refractivity contribution >= 4 is 0 Å². The standard InChI is InChI=1S/C17H26N2O/c1-20-17-6-4-15(5-7-17)14-18-12-8-16(9-13-18)19-10-2-3-11-19/h4-7,16H,2-3,8-14H2,1H3. The smallest absolute Gasteiger partial charge is 0.118 e. The lowest BCUT2D eigenvalue weighted by Gasteiger charge is -2.36. The van der Waals surface area contributed by atoms with Crippen molar-refractivity contribution in [1.29, 1.82) is 0 Å². The fourth-order valence-electron chi connectivity index (χ4n) is 3.54. The Balaban J connectivity index is 1.47. The van der Waals surface area contributed by atoms with Crippen molar-refractivity contribution in [2.75, 3.05) is 33.3 Å². The lowest BCUT2D eigenvalue weighted by Crippen LogP contribution is -2.43. The maximum absolute atomic E-state index is 5.21. The van der Waals surface area contributed by atoms with Gasteiger partial charge >= 0.3 is 0 Å². The molecular weight excluding hydrogens is 248 g/mol. The van der Waals surface area contributed by atoms with E-state index >= 15 is 0 Å². The number of hydrogen-bond donors (Lipinski definition) is 0. The maximum Gasteiger partial charge on any atom is 0.118 e. The minimum Gasteiger partial charge on any atom is -0.497 e. The van der Waals surface area contributed by atoms with E-state index < -0.39 is 0 Å². The Morgan fingerprint density at radius 2 is 1.65 bits per heavy atom. The van der Waals surface area contributed by atoms with E-state index in [0.29, 0.717) is 0 Å². The van der Waals surface area contributed by atoms with Gasteiger partial charge < -0.3 is 9.64 Å². The van der Waals surface area contributed by atoms with Crippen LogP contribution < -0.4 is 4.74 Å². The summed E-state index contributed by atoms with van der Waals surface area (Å²) in [6.45, 7) is 6.24. The van der Waals surface area contributed by atoms with Crippen molar-refractivity contribution in [2.24, 2.45) is 0 Å². The summed E-state index contributed by atoms with van der Waals surface area (Å²) in [5, 5.41) is 0. The molecule has 1 aromatic rings. The Hall–Kier alpha value is -1.06. The van der Waals surface area contributed by atoms with Crippen LogP contribution in [0.25, 0.3) is 0 Å². The summed E-state index contributed by atoms with van der Waals surface area (Å²) >= 11 is 0. The molecule has 0 amide bonds. The van der Waals surface area contributed by atoms with E-state index in [1.54, 1.807) is 7.11 Å². The molecule has 0 spiro atoms. The highest BCUT2D eigenvalue weighted by Gasteiger charge is 2.26. The van der Waals surface area contributed by atoms with E-state index in [1.807, 2.05) is 0 Å². The molecule has 0 saturated carbocycles. The van der Waals surface area contributed by atoms with E-state index in [9.17, 15) is 0 Å². The zero-order chi connectivity index (χ0) is 13.8. The molecule has 0 bridgehead atoms. The molecule has 2 aliphatic rings. The van der Waals surface area contributed by atoms with Gasteiger partial charge in [0.1, 0.15) is 5.75 Å². The minimum atomic E-state index is 0.851. The van der Waals surface area contributed by atoms with Gasteiger partial charge in [-0.15, -0.1) is 0 Å². The molecule has 2 heterocycles. The summed E-state index contributed by atoms with van der Waals surface area (Å²) in [5.74, 6) is 0.946. The van der Waals surface area contributed by atoms with Gasteiger partial charge in [0.2, 0.25) is 0 Å². The van der Waals surface area contributed by atoms with Crippen LogP contribution in [-0.2, 0) is 6.54 Å². The molecule has 0 aliphatic carbocycles. The molecule has 3 nitrogen and oxygen atoms in total. The van der Waals surface area contributed by atoms with Crippen LogP contribution in [0.4, 0.5) is 0 Å². The van der Waals surface area contributed by atoms with Gasteiger partial charge in [-0.05, 0) is 69.6 Å². The highest BCUT2D eigenvalue weighted by Crippen LogP contribution is 2.22. The summed E-state index contributed by atoms with van der Waals surface area (Å²) < 4.78 is 5.21. The van der Waals surface area contributed by atoms with Crippen molar-refractivity contribution in [1.82, 2.24) is 9.80 Å². The molecule has 2 saturated heterocycles. The van der Waals surface area contributed by atoms with Crippen LogP contribution in [0.5, 0.6) is 5.75 Å². The Bertz CT molecular complexity index is 404. The number of methoxy groups -OCH3 is 1. The third-order valence-corrected chi connectivity index (χ3v) is 4.78. The van der Waals surface area contributed by atoms with Crippen LogP contribution in [0, 0.1) is 0 Å². The van der Waals surface area contributed by atoms with Gasteiger partial charge in [-0.1, -0.05) is 12.1 Å². The lowest BCUT2D eigenvalue weighted by molar-refractivity contribution is 0.122. The number of hydrogen-bond acceptors (Lipinski definition) is 3. The predicted molar refractivity (Wildman–Crippen MR) is 82.1 cm³/mol. The molecule has 110 valence electrons. The first-order valence-corrected chi connectivity index (χ1v) is 7.94. The van der Waals surface area contributed by atoms with Gasteiger partial charge in [-0.25, -0.2) is 0 Å². The van der Waals surface area contributed by atoms with Gasteiger partial charge in [-0.3, -0.25) is 4.90 Å². The van der Waals surface area contributed by atoms with Crippen molar-refractivity contribution in [3.05, 3.63) is 29.8 Å². The monoisotopic (exact) mass is 274 g/mol. The van der Waals surface area contributed by atoms with Gasteiger partial charge in [0.25, 0.3) is 0 Å². The van der Waals surface area contributed by atoms with E-state index in [2.05, 4.69) is 34.1 Å². The second-order valence-corrected chi connectivity index (χ2v) is 6.10. The number of nitrogens with zero attached hydrogens (tertiary/aromatic N) is 2. The Morgan fingerprint density at radius 1 is 1.00 bits per heavy atom.